The Hall–Kier alpha value is -1.25. The molecular weight excluding hydrogens is 177 g/mol. The van der Waals surface area contributed by atoms with E-state index < -0.39 is 11.7 Å². The van der Waals surface area contributed by atoms with Crippen molar-refractivity contribution < 1.29 is 13.2 Å². The lowest BCUT2D eigenvalue weighted by molar-refractivity contribution is -0.0893. The molecule has 0 fully saturated rings. The summed E-state index contributed by atoms with van der Waals surface area (Å²) in [6.07, 6.45) is 4.01. The van der Waals surface area contributed by atoms with Gasteiger partial charge < -0.3 is 0 Å². The van der Waals surface area contributed by atoms with Crippen molar-refractivity contribution in [1.29, 1.82) is 0 Å². The summed E-state index contributed by atoms with van der Waals surface area (Å²) in [5.41, 5.74) is 0.489. The monoisotopic (exact) mass is 184 g/mol. The van der Waals surface area contributed by atoms with Crippen LogP contribution in [0.25, 0.3) is 0 Å². The van der Waals surface area contributed by atoms with Crippen LogP contribution in [0.1, 0.15) is 6.42 Å². The van der Waals surface area contributed by atoms with E-state index in [1.54, 1.807) is 18.2 Å². The zero-order valence-electron chi connectivity index (χ0n) is 6.73. The first-order chi connectivity index (χ1) is 6.09. The van der Waals surface area contributed by atoms with Gasteiger partial charge in [0.1, 0.15) is 0 Å². The zero-order valence-corrected chi connectivity index (χ0v) is 6.73. The number of halogens is 3. The van der Waals surface area contributed by atoms with Crippen LogP contribution in [0.2, 0.25) is 0 Å². The van der Waals surface area contributed by atoms with Crippen molar-refractivity contribution in [3.8, 4) is 0 Å². The molecule has 0 bridgehead atoms. The summed E-state index contributed by atoms with van der Waals surface area (Å²) in [6.45, 7) is 0. The second-order valence-corrected chi connectivity index (χ2v) is 2.95. The largest absolute Gasteiger partial charge is 0.416 e. The molecule has 0 atom stereocenters. The molecule has 0 aliphatic heterocycles. The van der Waals surface area contributed by atoms with Crippen LogP contribution in [0.5, 0.6) is 0 Å². The maximum Gasteiger partial charge on any atom is 0.416 e. The minimum atomic E-state index is -4.22. The smallest absolute Gasteiger partial charge is 0.166 e. The average Bonchev–Trinajstić information content (AvgIpc) is 2.48. The number of fused-ring (bicyclic) bond motifs is 1. The van der Waals surface area contributed by atoms with Gasteiger partial charge in [-0.2, -0.15) is 13.2 Å². The van der Waals surface area contributed by atoms with Gasteiger partial charge in [0.25, 0.3) is 0 Å². The maximum absolute atomic E-state index is 12.4. The Kier molecular flexibility index (Phi) is 1.68. The number of hydrogen-bond donors (Lipinski definition) is 0. The second-order valence-electron chi connectivity index (χ2n) is 2.95. The molecule has 0 amide bonds. The van der Waals surface area contributed by atoms with E-state index in [4.69, 9.17) is 0 Å². The van der Waals surface area contributed by atoms with Crippen LogP contribution in [-0.2, 0) is 0 Å². The van der Waals surface area contributed by atoms with Gasteiger partial charge >= 0.3 is 6.18 Å². The summed E-state index contributed by atoms with van der Waals surface area (Å²) in [4.78, 5) is 0. The van der Waals surface area contributed by atoms with Crippen molar-refractivity contribution in [3.63, 3.8) is 0 Å². The van der Waals surface area contributed by atoms with Gasteiger partial charge in [0.2, 0.25) is 0 Å². The molecule has 2 aliphatic rings. The molecule has 13 heavy (non-hydrogen) atoms. The average molecular weight is 184 g/mol. The minimum Gasteiger partial charge on any atom is -0.166 e. The minimum absolute atomic E-state index is 0.304. The van der Waals surface area contributed by atoms with Crippen LogP contribution in [-0.4, -0.2) is 6.18 Å². The van der Waals surface area contributed by atoms with Gasteiger partial charge in [0, 0.05) is 0 Å². The quantitative estimate of drug-likeness (QED) is 0.541. The lowest BCUT2D eigenvalue weighted by atomic mass is 9.94. The van der Waals surface area contributed by atoms with Crippen LogP contribution < -0.4 is 0 Å². The molecule has 0 aromatic rings. The molecule has 0 unspecified atom stereocenters. The van der Waals surface area contributed by atoms with Gasteiger partial charge in [-0.1, -0.05) is 30.4 Å². The van der Waals surface area contributed by atoms with E-state index in [2.05, 4.69) is 0 Å². The van der Waals surface area contributed by atoms with Crippen molar-refractivity contribution in [2.24, 2.45) is 0 Å². The van der Waals surface area contributed by atoms with E-state index in [9.17, 15) is 13.2 Å². The Bertz CT molecular complexity index is 351. The lowest BCUT2D eigenvalue weighted by Gasteiger charge is -2.17. The van der Waals surface area contributed by atoms with E-state index >= 15 is 0 Å². The molecule has 0 N–H and O–H groups in total. The summed E-state index contributed by atoms with van der Waals surface area (Å²) in [6, 6.07) is 0. The van der Waals surface area contributed by atoms with Crippen molar-refractivity contribution in [2.45, 2.75) is 12.6 Å². The van der Waals surface area contributed by atoms with Crippen molar-refractivity contribution >= 4 is 0 Å². The fraction of sp³-hybridized carbons (Fsp3) is 0.200. The fourth-order valence-electron chi connectivity index (χ4n) is 1.54. The third-order valence-corrected chi connectivity index (χ3v) is 2.10. The molecule has 0 aromatic carbocycles. The Labute approximate surface area is 73.8 Å². The van der Waals surface area contributed by atoms with Crippen LogP contribution in [0, 0.1) is 0 Å². The van der Waals surface area contributed by atoms with E-state index in [0.717, 1.165) is 0 Å². The summed E-state index contributed by atoms with van der Waals surface area (Å²) in [5, 5.41) is 0. The number of hydrogen-bond acceptors (Lipinski definition) is 0. The second kappa shape index (κ2) is 2.62. The van der Waals surface area contributed by atoms with Gasteiger partial charge in [-0.25, -0.2) is 0 Å². The van der Waals surface area contributed by atoms with Crippen LogP contribution >= 0.6 is 0 Å². The van der Waals surface area contributed by atoms with E-state index in [-0.39, 0.29) is 0 Å². The first-order valence-electron chi connectivity index (χ1n) is 3.95. The van der Waals surface area contributed by atoms with E-state index in [0.29, 0.717) is 17.6 Å². The molecule has 0 saturated heterocycles. The standard InChI is InChI=1S/C10H7F3/c11-10(12,13)9-6-2-4-7-3-1-5-8(7)9/h1,3-6H,2H2. The predicted octanol–water partition coefficient (Wildman–Crippen LogP) is 3.30. The summed E-state index contributed by atoms with van der Waals surface area (Å²) in [5.74, 6) is 0. The summed E-state index contributed by atoms with van der Waals surface area (Å²) >= 11 is 0. The number of allylic oxidation sites excluding steroid dienone is 8. The predicted molar refractivity (Wildman–Crippen MR) is 44.1 cm³/mol. The fourth-order valence-corrected chi connectivity index (χ4v) is 1.54. The number of alkyl halides is 3. The van der Waals surface area contributed by atoms with Crippen molar-refractivity contribution in [1.82, 2.24) is 0 Å². The van der Waals surface area contributed by atoms with Gasteiger partial charge in [0.15, 0.2) is 0 Å². The molecule has 0 radical (unpaired) electrons. The first kappa shape index (κ1) is 8.35. The maximum atomic E-state index is 12.4. The highest BCUT2D eigenvalue weighted by Gasteiger charge is 2.37. The van der Waals surface area contributed by atoms with Gasteiger partial charge in [-0.15, -0.1) is 0 Å². The molecule has 0 saturated carbocycles. The first-order valence-corrected chi connectivity index (χ1v) is 3.95. The highest BCUT2D eigenvalue weighted by Crippen LogP contribution is 2.39. The molecule has 2 rings (SSSR count). The third-order valence-electron chi connectivity index (χ3n) is 2.10. The third kappa shape index (κ3) is 1.34. The van der Waals surface area contributed by atoms with E-state index in [1.807, 2.05) is 0 Å². The molecule has 0 nitrogen and oxygen atoms in total. The normalized spacial score (nSPS) is 20.7. The molecule has 3 heteroatoms. The van der Waals surface area contributed by atoms with Crippen molar-refractivity contribution in [2.75, 3.05) is 0 Å². The Morgan fingerprint density at radius 3 is 2.62 bits per heavy atom. The molecular formula is C10H7F3. The van der Waals surface area contributed by atoms with Crippen LogP contribution in [0.4, 0.5) is 13.2 Å². The molecule has 0 heterocycles. The van der Waals surface area contributed by atoms with Gasteiger partial charge in [0.05, 0.1) is 5.57 Å². The summed E-state index contributed by atoms with van der Waals surface area (Å²) < 4.78 is 37.2. The zero-order chi connectivity index (χ0) is 9.47. The van der Waals surface area contributed by atoms with Crippen molar-refractivity contribution in [3.05, 3.63) is 47.1 Å². The highest BCUT2D eigenvalue weighted by atomic mass is 19.4. The molecule has 0 spiro atoms. The molecule has 68 valence electrons. The van der Waals surface area contributed by atoms with Gasteiger partial charge in [-0.3, -0.25) is 0 Å². The Balaban J connectivity index is 2.39. The molecule has 2 aliphatic carbocycles. The van der Waals surface area contributed by atoms with E-state index in [1.165, 1.54) is 12.2 Å². The Morgan fingerprint density at radius 1 is 1.15 bits per heavy atom. The van der Waals surface area contributed by atoms with Crippen LogP contribution in [0.15, 0.2) is 47.1 Å². The Morgan fingerprint density at radius 2 is 1.92 bits per heavy atom. The van der Waals surface area contributed by atoms with Gasteiger partial charge in [-0.05, 0) is 17.6 Å². The topological polar surface area (TPSA) is 0 Å². The SMILES string of the molecule is FC(F)(F)C1=CCC=C2C=CC=C21. The summed E-state index contributed by atoms with van der Waals surface area (Å²) in [7, 11) is 0. The number of rotatable bonds is 0. The highest BCUT2D eigenvalue weighted by molar-refractivity contribution is 5.61. The van der Waals surface area contributed by atoms with Crippen LogP contribution in [0.3, 0.4) is 0 Å². The molecule has 0 aromatic heterocycles. The lowest BCUT2D eigenvalue weighted by Crippen LogP contribution is -2.15.